The minimum atomic E-state index is -0.262. The molecule has 0 aliphatic heterocycles. The predicted molar refractivity (Wildman–Crippen MR) is 161 cm³/mol. The van der Waals surface area contributed by atoms with Crippen molar-refractivity contribution in [2.45, 2.75) is 46.6 Å². The third kappa shape index (κ3) is 6.12. The van der Waals surface area contributed by atoms with E-state index < -0.39 is 0 Å². The van der Waals surface area contributed by atoms with Gasteiger partial charge in [0.2, 0.25) is 0 Å². The van der Waals surface area contributed by atoms with Gasteiger partial charge in [-0.2, -0.15) is 0 Å². The van der Waals surface area contributed by atoms with E-state index in [2.05, 4.69) is 41.7 Å². The van der Waals surface area contributed by atoms with Gasteiger partial charge in [0.05, 0.1) is 5.69 Å². The van der Waals surface area contributed by atoms with E-state index in [1.807, 2.05) is 56.3 Å². The van der Waals surface area contributed by atoms with E-state index in [1.54, 1.807) is 42.1 Å². The molecule has 0 spiro atoms. The quantitative estimate of drug-likeness (QED) is 0.273. The highest BCUT2D eigenvalue weighted by molar-refractivity contribution is 6.05. The van der Waals surface area contributed by atoms with Crippen LogP contribution in [0.3, 0.4) is 0 Å². The third-order valence-corrected chi connectivity index (χ3v) is 6.82. The predicted octanol–water partition coefficient (Wildman–Crippen LogP) is 5.89. The summed E-state index contributed by atoms with van der Waals surface area (Å²) in [6, 6.07) is 20.1. The van der Waals surface area contributed by atoms with Gasteiger partial charge in [-0.15, -0.1) is 0 Å². The number of rotatable bonds is 7. The maximum absolute atomic E-state index is 13.1. The number of nitrogens with zero attached hydrogens (tertiary/aromatic N) is 2. The van der Waals surface area contributed by atoms with Crippen LogP contribution in [-0.4, -0.2) is 28.4 Å². The molecule has 40 heavy (non-hydrogen) atoms. The Hall–Kier alpha value is -4.72. The van der Waals surface area contributed by atoms with Gasteiger partial charge in [0.15, 0.2) is 5.82 Å². The molecule has 4 rings (SSSR count). The van der Waals surface area contributed by atoms with Gasteiger partial charge in [0.1, 0.15) is 0 Å². The molecule has 3 aromatic carbocycles. The maximum Gasteiger partial charge on any atom is 0.293 e. The lowest BCUT2D eigenvalue weighted by molar-refractivity contribution is 0.0962. The smallest absolute Gasteiger partial charge is 0.293 e. The van der Waals surface area contributed by atoms with Crippen LogP contribution in [0.1, 0.15) is 59.5 Å². The van der Waals surface area contributed by atoms with Gasteiger partial charge in [-0.05, 0) is 72.9 Å². The molecule has 0 atom stereocenters. The van der Waals surface area contributed by atoms with Crippen molar-refractivity contribution in [3.8, 4) is 11.3 Å². The number of amides is 2. The van der Waals surface area contributed by atoms with Crippen molar-refractivity contribution in [2.75, 3.05) is 17.7 Å². The molecule has 3 N–H and O–H groups in total. The number of anilines is 3. The summed E-state index contributed by atoms with van der Waals surface area (Å²) >= 11 is 0. The van der Waals surface area contributed by atoms with Crippen LogP contribution in [0.4, 0.5) is 17.2 Å². The van der Waals surface area contributed by atoms with Crippen LogP contribution in [-0.2, 0) is 12.0 Å². The standard InChI is InChI=1S/C32H35N5O3/c1-7-37-19-27(35-28(31(37)40)34-24-17-13-21(14-18-24)29(38)33-6)25-9-8-10-26(20(25)2)36-30(39)22-11-15-23(16-12-22)32(3,4)5/h8-19H,7H2,1-6H3,(H,33,38)(H,34,35)(H,36,39). The number of aromatic nitrogens is 2. The monoisotopic (exact) mass is 537 g/mol. The van der Waals surface area contributed by atoms with Crippen molar-refractivity contribution in [3.05, 3.63) is 106 Å². The maximum atomic E-state index is 13.1. The molecule has 2 amide bonds. The number of hydrogen-bond donors (Lipinski definition) is 3. The Morgan fingerprint density at radius 1 is 0.900 bits per heavy atom. The fourth-order valence-electron chi connectivity index (χ4n) is 4.34. The number of nitrogens with one attached hydrogen (secondary N) is 3. The molecule has 0 aliphatic rings. The van der Waals surface area contributed by atoms with Gasteiger partial charge in [0, 0.05) is 47.9 Å². The molecule has 0 fully saturated rings. The number of benzene rings is 3. The Morgan fingerprint density at radius 3 is 2.12 bits per heavy atom. The summed E-state index contributed by atoms with van der Waals surface area (Å²) in [5.74, 6) is -0.223. The minimum absolute atomic E-state index is 0.00462. The Kier molecular flexibility index (Phi) is 8.18. The molecule has 0 saturated carbocycles. The molecule has 0 radical (unpaired) electrons. The SMILES string of the molecule is CCn1cc(-c2cccc(NC(=O)c3ccc(C(C)(C)C)cc3)c2C)nc(Nc2ccc(C(=O)NC)cc2)c1=O. The molecule has 0 aliphatic carbocycles. The van der Waals surface area contributed by atoms with Crippen molar-refractivity contribution in [1.82, 2.24) is 14.9 Å². The van der Waals surface area contributed by atoms with E-state index in [9.17, 15) is 14.4 Å². The summed E-state index contributed by atoms with van der Waals surface area (Å²) in [4.78, 5) is 42.6. The normalized spacial score (nSPS) is 11.2. The Morgan fingerprint density at radius 2 is 1.52 bits per heavy atom. The van der Waals surface area contributed by atoms with Crippen LogP contribution >= 0.6 is 0 Å². The van der Waals surface area contributed by atoms with E-state index in [0.717, 1.165) is 16.7 Å². The highest BCUT2D eigenvalue weighted by Gasteiger charge is 2.17. The van der Waals surface area contributed by atoms with Crippen LogP contribution in [0.15, 0.2) is 77.7 Å². The average molecular weight is 538 g/mol. The largest absolute Gasteiger partial charge is 0.355 e. The van der Waals surface area contributed by atoms with E-state index >= 15 is 0 Å². The lowest BCUT2D eigenvalue weighted by Crippen LogP contribution is -2.23. The average Bonchev–Trinajstić information content (AvgIpc) is 2.95. The van der Waals surface area contributed by atoms with Crippen LogP contribution in [0.2, 0.25) is 0 Å². The van der Waals surface area contributed by atoms with Gasteiger partial charge in [-0.25, -0.2) is 4.98 Å². The molecule has 206 valence electrons. The minimum Gasteiger partial charge on any atom is -0.355 e. The summed E-state index contributed by atoms with van der Waals surface area (Å²) in [5, 5.41) is 8.71. The summed E-state index contributed by atoms with van der Waals surface area (Å²) in [5.41, 5.74) is 5.50. The highest BCUT2D eigenvalue weighted by Crippen LogP contribution is 2.29. The zero-order chi connectivity index (χ0) is 29.0. The third-order valence-electron chi connectivity index (χ3n) is 6.82. The number of carbonyl (C=O) groups is 2. The Balaban J connectivity index is 1.63. The van der Waals surface area contributed by atoms with Gasteiger partial charge >= 0.3 is 0 Å². The van der Waals surface area contributed by atoms with Crippen LogP contribution < -0.4 is 21.5 Å². The fourth-order valence-corrected chi connectivity index (χ4v) is 4.34. The van der Waals surface area contributed by atoms with Gasteiger partial charge in [-0.1, -0.05) is 45.0 Å². The highest BCUT2D eigenvalue weighted by atomic mass is 16.2. The molecular formula is C32H35N5O3. The van der Waals surface area contributed by atoms with Crippen LogP contribution in [0, 0.1) is 6.92 Å². The molecule has 0 unspecified atom stereocenters. The second kappa shape index (κ2) is 11.6. The molecular weight excluding hydrogens is 502 g/mol. The van der Waals surface area contributed by atoms with Crippen molar-refractivity contribution < 1.29 is 9.59 Å². The summed E-state index contributed by atoms with van der Waals surface area (Å²) in [6.45, 7) is 10.7. The second-order valence-electron chi connectivity index (χ2n) is 10.6. The second-order valence-corrected chi connectivity index (χ2v) is 10.6. The van der Waals surface area contributed by atoms with Crippen molar-refractivity contribution in [3.63, 3.8) is 0 Å². The van der Waals surface area contributed by atoms with Gasteiger partial charge in [0.25, 0.3) is 17.4 Å². The fraction of sp³-hybridized carbons (Fsp3) is 0.250. The molecule has 8 nitrogen and oxygen atoms in total. The zero-order valence-electron chi connectivity index (χ0n) is 23.8. The lowest BCUT2D eigenvalue weighted by atomic mass is 9.86. The lowest BCUT2D eigenvalue weighted by Gasteiger charge is -2.19. The first-order valence-electron chi connectivity index (χ1n) is 13.2. The van der Waals surface area contributed by atoms with Gasteiger partial charge in [-0.3, -0.25) is 14.4 Å². The Labute approximate surface area is 234 Å². The summed E-state index contributed by atoms with van der Waals surface area (Å²) < 4.78 is 1.59. The molecule has 4 aromatic rings. The van der Waals surface area contributed by atoms with Gasteiger partial charge < -0.3 is 20.5 Å². The first-order chi connectivity index (χ1) is 19.0. The van der Waals surface area contributed by atoms with Crippen molar-refractivity contribution in [1.29, 1.82) is 0 Å². The molecule has 1 aromatic heterocycles. The van der Waals surface area contributed by atoms with Crippen LogP contribution in [0.5, 0.6) is 0 Å². The van der Waals surface area contributed by atoms with E-state index in [1.165, 1.54) is 0 Å². The van der Waals surface area contributed by atoms with E-state index in [0.29, 0.717) is 34.7 Å². The Bertz CT molecular complexity index is 1600. The summed E-state index contributed by atoms with van der Waals surface area (Å²) in [6.07, 6.45) is 1.72. The topological polar surface area (TPSA) is 105 Å². The number of carbonyl (C=O) groups excluding carboxylic acids is 2. The molecule has 8 heteroatoms. The first kappa shape index (κ1) is 28.3. The van der Waals surface area contributed by atoms with Crippen LogP contribution in [0.25, 0.3) is 11.3 Å². The van der Waals surface area contributed by atoms with Crippen molar-refractivity contribution in [2.24, 2.45) is 0 Å². The first-order valence-corrected chi connectivity index (χ1v) is 13.2. The molecule has 1 heterocycles. The molecule has 0 bridgehead atoms. The number of hydrogen-bond acceptors (Lipinski definition) is 5. The number of aryl methyl sites for hydroxylation is 1. The summed E-state index contributed by atoms with van der Waals surface area (Å²) in [7, 11) is 1.57. The molecule has 0 saturated heterocycles. The van der Waals surface area contributed by atoms with E-state index in [4.69, 9.17) is 0 Å². The van der Waals surface area contributed by atoms with E-state index in [-0.39, 0.29) is 28.6 Å². The van der Waals surface area contributed by atoms with Crippen molar-refractivity contribution >= 4 is 29.0 Å². The zero-order valence-corrected chi connectivity index (χ0v) is 23.8.